The SMILES string of the molecule is COc1ccc2c(c1)-c1cccc(c1)C(=O)N(C)[C@H](COc1cccnc1)CCC(=O)N[C@H](C)CO2. The maximum atomic E-state index is 13.5. The van der Waals surface area contributed by atoms with Gasteiger partial charge in [-0.2, -0.15) is 0 Å². The van der Waals surface area contributed by atoms with Crippen LogP contribution in [0.2, 0.25) is 0 Å². The first-order valence-corrected chi connectivity index (χ1v) is 11.9. The number of likely N-dealkylation sites (N-methyl/N-ethyl adjacent to an activating group) is 1. The summed E-state index contributed by atoms with van der Waals surface area (Å²) in [5, 5.41) is 2.99. The number of aromatic nitrogens is 1. The van der Waals surface area contributed by atoms with E-state index in [0.717, 1.165) is 11.1 Å². The molecule has 3 aromatic rings. The van der Waals surface area contributed by atoms with E-state index in [9.17, 15) is 9.59 Å². The minimum Gasteiger partial charge on any atom is -0.497 e. The van der Waals surface area contributed by atoms with Crippen LogP contribution in [0.3, 0.4) is 0 Å². The fourth-order valence-corrected chi connectivity index (χ4v) is 4.09. The molecule has 36 heavy (non-hydrogen) atoms. The minimum absolute atomic E-state index is 0.108. The lowest BCUT2D eigenvalue weighted by atomic mass is 10.0. The van der Waals surface area contributed by atoms with Crippen LogP contribution in [0, 0.1) is 0 Å². The maximum absolute atomic E-state index is 13.5. The van der Waals surface area contributed by atoms with Gasteiger partial charge in [0, 0.05) is 30.8 Å². The molecule has 2 bridgehead atoms. The highest BCUT2D eigenvalue weighted by Crippen LogP contribution is 2.34. The normalized spacial score (nSPS) is 18.7. The van der Waals surface area contributed by atoms with E-state index < -0.39 is 0 Å². The summed E-state index contributed by atoms with van der Waals surface area (Å²) in [6, 6.07) is 16.1. The summed E-state index contributed by atoms with van der Waals surface area (Å²) in [5.74, 6) is 1.66. The summed E-state index contributed by atoms with van der Waals surface area (Å²) < 4.78 is 17.4. The van der Waals surface area contributed by atoms with E-state index in [4.69, 9.17) is 14.2 Å². The first-order chi connectivity index (χ1) is 17.4. The molecule has 0 fully saturated rings. The second-order valence-electron chi connectivity index (χ2n) is 8.83. The summed E-state index contributed by atoms with van der Waals surface area (Å²) in [6.07, 6.45) is 3.98. The molecule has 0 saturated carbocycles. The number of rotatable bonds is 4. The lowest BCUT2D eigenvalue weighted by molar-refractivity contribution is -0.122. The Bertz CT molecular complexity index is 1200. The molecule has 0 aliphatic carbocycles. The van der Waals surface area contributed by atoms with Gasteiger partial charge in [0.25, 0.3) is 5.91 Å². The molecule has 4 rings (SSSR count). The third kappa shape index (κ3) is 6.13. The number of hydrogen-bond donors (Lipinski definition) is 1. The van der Waals surface area contributed by atoms with Crippen LogP contribution in [0.5, 0.6) is 17.2 Å². The van der Waals surface area contributed by atoms with E-state index >= 15 is 0 Å². The maximum Gasteiger partial charge on any atom is 0.253 e. The molecule has 2 aromatic carbocycles. The molecule has 2 amide bonds. The minimum atomic E-state index is -0.323. The van der Waals surface area contributed by atoms with E-state index in [1.165, 1.54) is 0 Å². The summed E-state index contributed by atoms with van der Waals surface area (Å²) in [5.41, 5.74) is 2.16. The quantitative estimate of drug-likeness (QED) is 0.597. The zero-order valence-corrected chi connectivity index (χ0v) is 20.8. The van der Waals surface area contributed by atoms with Crippen LogP contribution in [-0.2, 0) is 4.79 Å². The molecule has 2 atom stereocenters. The summed E-state index contributed by atoms with van der Waals surface area (Å²) in [6.45, 7) is 2.44. The van der Waals surface area contributed by atoms with Gasteiger partial charge >= 0.3 is 0 Å². The average molecular weight is 490 g/mol. The van der Waals surface area contributed by atoms with Gasteiger partial charge in [-0.3, -0.25) is 14.6 Å². The second kappa shape index (κ2) is 11.6. The molecule has 1 aromatic heterocycles. The second-order valence-corrected chi connectivity index (χ2v) is 8.83. The van der Waals surface area contributed by atoms with Crippen molar-refractivity contribution in [1.82, 2.24) is 15.2 Å². The molecule has 1 aliphatic heterocycles. The van der Waals surface area contributed by atoms with Gasteiger partial charge in [-0.05, 0) is 61.4 Å². The Balaban J connectivity index is 1.68. The number of benzene rings is 2. The van der Waals surface area contributed by atoms with Gasteiger partial charge in [-0.25, -0.2) is 0 Å². The Morgan fingerprint density at radius 2 is 1.92 bits per heavy atom. The number of nitrogens with one attached hydrogen (secondary N) is 1. The van der Waals surface area contributed by atoms with Gasteiger partial charge in [0.1, 0.15) is 30.5 Å². The van der Waals surface area contributed by atoms with Gasteiger partial charge in [0.05, 0.1) is 25.4 Å². The smallest absolute Gasteiger partial charge is 0.253 e. The molecule has 2 heterocycles. The Morgan fingerprint density at radius 3 is 2.69 bits per heavy atom. The number of methoxy groups -OCH3 is 1. The predicted octanol–water partition coefficient (Wildman–Crippen LogP) is 3.95. The van der Waals surface area contributed by atoms with E-state index in [-0.39, 0.29) is 36.9 Å². The predicted molar refractivity (Wildman–Crippen MR) is 136 cm³/mol. The molecule has 1 N–H and O–H groups in total. The number of hydrogen-bond acceptors (Lipinski definition) is 6. The fourth-order valence-electron chi connectivity index (χ4n) is 4.09. The number of carbonyl (C=O) groups excluding carboxylic acids is 2. The third-order valence-corrected chi connectivity index (χ3v) is 6.15. The van der Waals surface area contributed by atoms with Crippen molar-refractivity contribution in [3.63, 3.8) is 0 Å². The van der Waals surface area contributed by atoms with E-state index in [1.807, 2.05) is 49.4 Å². The molecule has 0 saturated heterocycles. The average Bonchev–Trinajstić information content (AvgIpc) is 2.91. The number of ether oxygens (including phenoxy) is 3. The molecule has 0 unspecified atom stereocenters. The Labute approximate surface area is 211 Å². The zero-order valence-electron chi connectivity index (χ0n) is 20.8. The van der Waals surface area contributed by atoms with Crippen LogP contribution in [-0.4, -0.2) is 61.2 Å². The van der Waals surface area contributed by atoms with E-state index in [0.29, 0.717) is 35.8 Å². The van der Waals surface area contributed by atoms with Crippen molar-refractivity contribution in [3.05, 3.63) is 72.6 Å². The largest absolute Gasteiger partial charge is 0.497 e. The first-order valence-electron chi connectivity index (χ1n) is 11.9. The molecule has 0 spiro atoms. The Hall–Kier alpha value is -4.07. The molecule has 1 aliphatic rings. The van der Waals surface area contributed by atoms with Crippen molar-refractivity contribution >= 4 is 11.8 Å². The van der Waals surface area contributed by atoms with Gasteiger partial charge in [0.2, 0.25) is 5.91 Å². The molecular formula is C28H31N3O5. The molecule has 0 radical (unpaired) electrons. The highest BCUT2D eigenvalue weighted by molar-refractivity contribution is 5.96. The number of amides is 2. The Kier molecular flexibility index (Phi) is 8.05. The van der Waals surface area contributed by atoms with E-state index in [2.05, 4.69) is 10.3 Å². The molecule has 8 heteroatoms. The summed E-state index contributed by atoms with van der Waals surface area (Å²) in [7, 11) is 3.35. The molecule has 188 valence electrons. The van der Waals surface area contributed by atoms with Crippen LogP contribution in [0.25, 0.3) is 11.1 Å². The van der Waals surface area contributed by atoms with Crippen LogP contribution in [0.4, 0.5) is 0 Å². The molecular weight excluding hydrogens is 458 g/mol. The Morgan fingerprint density at radius 1 is 1.08 bits per heavy atom. The first kappa shape index (κ1) is 25.0. The van der Waals surface area contributed by atoms with Crippen LogP contribution in [0.15, 0.2) is 67.0 Å². The standard InChI is InChI=1S/C28H31N3O5/c1-19-17-36-26-11-10-23(34-3)15-25(26)20-6-4-7-21(14-20)28(33)31(2)22(9-12-27(32)30-19)18-35-24-8-5-13-29-16-24/h4-8,10-11,13-16,19,22H,9,12,17-18H2,1-3H3,(H,30,32)/t19-,22+/m1/s1. The van der Waals surface area contributed by atoms with Gasteiger partial charge < -0.3 is 24.4 Å². The van der Waals surface area contributed by atoms with Crippen molar-refractivity contribution in [3.8, 4) is 28.4 Å². The number of fused-ring (bicyclic) bond motifs is 4. The number of nitrogens with zero attached hydrogens (tertiary/aromatic N) is 2. The van der Waals surface area contributed by atoms with Crippen molar-refractivity contribution in [2.45, 2.75) is 31.8 Å². The van der Waals surface area contributed by atoms with E-state index in [1.54, 1.807) is 43.6 Å². The highest BCUT2D eigenvalue weighted by atomic mass is 16.5. The third-order valence-electron chi connectivity index (χ3n) is 6.15. The van der Waals surface area contributed by atoms with Gasteiger partial charge in [-0.1, -0.05) is 12.1 Å². The van der Waals surface area contributed by atoms with Crippen molar-refractivity contribution in [2.75, 3.05) is 27.4 Å². The van der Waals surface area contributed by atoms with Gasteiger partial charge in [0.15, 0.2) is 0 Å². The lowest BCUT2D eigenvalue weighted by Crippen LogP contribution is -2.42. The van der Waals surface area contributed by atoms with Crippen molar-refractivity contribution in [2.24, 2.45) is 0 Å². The summed E-state index contributed by atoms with van der Waals surface area (Å²) in [4.78, 5) is 31.9. The lowest BCUT2D eigenvalue weighted by Gasteiger charge is -2.28. The molecule has 8 nitrogen and oxygen atoms in total. The van der Waals surface area contributed by atoms with Crippen LogP contribution in [0.1, 0.15) is 30.1 Å². The number of carbonyl (C=O) groups is 2. The highest BCUT2D eigenvalue weighted by Gasteiger charge is 2.24. The summed E-state index contributed by atoms with van der Waals surface area (Å²) >= 11 is 0. The fraction of sp³-hybridized carbons (Fsp3) is 0.321. The topological polar surface area (TPSA) is 90.0 Å². The van der Waals surface area contributed by atoms with Gasteiger partial charge in [-0.15, -0.1) is 0 Å². The monoisotopic (exact) mass is 489 g/mol. The van der Waals surface area contributed by atoms with Crippen LogP contribution >= 0.6 is 0 Å². The van der Waals surface area contributed by atoms with Crippen molar-refractivity contribution < 1.29 is 23.8 Å². The zero-order chi connectivity index (χ0) is 25.5. The van der Waals surface area contributed by atoms with Crippen LogP contribution < -0.4 is 19.5 Å². The number of pyridine rings is 1. The van der Waals surface area contributed by atoms with Crippen molar-refractivity contribution in [1.29, 1.82) is 0 Å².